The van der Waals surface area contributed by atoms with E-state index in [-0.39, 0.29) is 16.8 Å². The SMILES string of the molecule is Cc1ccc(S(=O)(=O)Nc2ccc(C(=O)N[C@H](C)CCc3ccccc3)cc2C)cc1. The molecule has 5 nitrogen and oxygen atoms in total. The fourth-order valence-electron chi connectivity index (χ4n) is 3.25. The number of carbonyl (C=O) groups excluding carboxylic acids is 1. The number of benzene rings is 3. The van der Waals surface area contributed by atoms with Gasteiger partial charge in [0.05, 0.1) is 10.6 Å². The van der Waals surface area contributed by atoms with Crippen molar-refractivity contribution in [2.24, 2.45) is 0 Å². The summed E-state index contributed by atoms with van der Waals surface area (Å²) in [6, 6.07) is 21.8. The summed E-state index contributed by atoms with van der Waals surface area (Å²) in [5.41, 5.74) is 3.87. The van der Waals surface area contributed by atoms with Gasteiger partial charge < -0.3 is 5.32 Å². The third kappa shape index (κ3) is 6.18. The molecule has 1 atom stereocenters. The molecule has 6 heteroatoms. The number of hydrogen-bond donors (Lipinski definition) is 2. The lowest BCUT2D eigenvalue weighted by Gasteiger charge is -2.15. The van der Waals surface area contributed by atoms with Gasteiger partial charge in [0, 0.05) is 11.6 Å². The minimum absolute atomic E-state index is 0.0210. The Morgan fingerprint density at radius 3 is 2.26 bits per heavy atom. The highest BCUT2D eigenvalue weighted by molar-refractivity contribution is 7.92. The molecular formula is C25H28N2O3S. The van der Waals surface area contributed by atoms with Gasteiger partial charge in [-0.2, -0.15) is 0 Å². The number of rotatable bonds is 8. The third-order valence-electron chi connectivity index (χ3n) is 5.15. The van der Waals surface area contributed by atoms with Gasteiger partial charge in [-0.05, 0) is 75.1 Å². The van der Waals surface area contributed by atoms with Crippen LogP contribution in [-0.2, 0) is 16.4 Å². The fourth-order valence-corrected chi connectivity index (χ4v) is 4.38. The average Bonchev–Trinajstić information content (AvgIpc) is 2.74. The van der Waals surface area contributed by atoms with Crippen molar-refractivity contribution in [3.63, 3.8) is 0 Å². The Balaban J connectivity index is 1.63. The van der Waals surface area contributed by atoms with Crippen LogP contribution >= 0.6 is 0 Å². The number of anilines is 1. The van der Waals surface area contributed by atoms with Crippen LogP contribution in [-0.4, -0.2) is 20.4 Å². The Morgan fingerprint density at radius 1 is 0.935 bits per heavy atom. The summed E-state index contributed by atoms with van der Waals surface area (Å²) in [6.45, 7) is 5.67. The van der Waals surface area contributed by atoms with Crippen molar-refractivity contribution in [1.82, 2.24) is 5.32 Å². The topological polar surface area (TPSA) is 75.3 Å². The zero-order valence-electron chi connectivity index (χ0n) is 18.1. The average molecular weight is 437 g/mol. The van der Waals surface area contributed by atoms with Crippen LogP contribution in [0.1, 0.15) is 40.4 Å². The lowest BCUT2D eigenvalue weighted by molar-refractivity contribution is 0.0938. The highest BCUT2D eigenvalue weighted by atomic mass is 32.2. The van der Waals surface area contributed by atoms with E-state index in [1.807, 2.05) is 32.0 Å². The molecule has 0 saturated carbocycles. The molecule has 0 aromatic heterocycles. The molecule has 162 valence electrons. The van der Waals surface area contributed by atoms with Crippen molar-refractivity contribution >= 4 is 21.6 Å². The number of aryl methyl sites for hydroxylation is 3. The number of carbonyl (C=O) groups is 1. The van der Waals surface area contributed by atoms with Gasteiger partial charge in [0.15, 0.2) is 0 Å². The van der Waals surface area contributed by atoms with Gasteiger partial charge in [0.1, 0.15) is 0 Å². The Kier molecular flexibility index (Phi) is 7.13. The standard InChI is InChI=1S/C25H28N2O3S/c1-18-9-14-23(15-10-18)31(29,30)27-24-16-13-22(17-19(24)2)25(28)26-20(3)11-12-21-7-5-4-6-8-21/h4-10,13-17,20,27H,11-12H2,1-3H3,(H,26,28)/t20-/m1/s1. The van der Waals surface area contributed by atoms with Crippen molar-refractivity contribution < 1.29 is 13.2 Å². The van der Waals surface area contributed by atoms with E-state index < -0.39 is 10.0 Å². The first kappa shape index (κ1) is 22.6. The van der Waals surface area contributed by atoms with Gasteiger partial charge in [-0.15, -0.1) is 0 Å². The Bertz CT molecular complexity index is 1140. The number of hydrogen-bond acceptors (Lipinski definition) is 3. The maximum atomic E-state index is 12.6. The number of amides is 1. The molecule has 0 unspecified atom stereocenters. The lowest BCUT2D eigenvalue weighted by Crippen LogP contribution is -2.33. The minimum Gasteiger partial charge on any atom is -0.350 e. The van der Waals surface area contributed by atoms with Crippen LogP contribution in [0.3, 0.4) is 0 Å². The van der Waals surface area contributed by atoms with E-state index in [0.717, 1.165) is 18.4 Å². The third-order valence-corrected chi connectivity index (χ3v) is 6.53. The van der Waals surface area contributed by atoms with Crippen LogP contribution < -0.4 is 10.0 Å². The molecular weight excluding hydrogens is 408 g/mol. The van der Waals surface area contributed by atoms with Gasteiger partial charge in [-0.25, -0.2) is 8.42 Å². The first-order valence-corrected chi connectivity index (χ1v) is 11.8. The molecule has 3 aromatic carbocycles. The monoisotopic (exact) mass is 436 g/mol. The highest BCUT2D eigenvalue weighted by Gasteiger charge is 2.16. The maximum absolute atomic E-state index is 12.6. The lowest BCUT2D eigenvalue weighted by atomic mass is 10.1. The molecule has 0 spiro atoms. The fraction of sp³-hybridized carbons (Fsp3) is 0.240. The smallest absolute Gasteiger partial charge is 0.261 e. The van der Waals surface area contributed by atoms with E-state index in [9.17, 15) is 13.2 Å². The molecule has 0 fully saturated rings. The van der Waals surface area contributed by atoms with Crippen molar-refractivity contribution in [2.45, 2.75) is 44.6 Å². The van der Waals surface area contributed by atoms with Crippen LogP contribution in [0.5, 0.6) is 0 Å². The second-order valence-electron chi connectivity index (χ2n) is 7.85. The Labute approximate surface area is 184 Å². The molecule has 1 amide bonds. The summed E-state index contributed by atoms with van der Waals surface area (Å²) in [5, 5.41) is 3.01. The molecule has 2 N–H and O–H groups in total. The maximum Gasteiger partial charge on any atom is 0.261 e. The van der Waals surface area contributed by atoms with Crippen LogP contribution in [0.4, 0.5) is 5.69 Å². The second kappa shape index (κ2) is 9.79. The number of nitrogens with one attached hydrogen (secondary N) is 2. The first-order valence-electron chi connectivity index (χ1n) is 10.3. The summed E-state index contributed by atoms with van der Waals surface area (Å²) in [6.07, 6.45) is 1.73. The van der Waals surface area contributed by atoms with Crippen molar-refractivity contribution in [1.29, 1.82) is 0 Å². The van der Waals surface area contributed by atoms with E-state index in [1.165, 1.54) is 5.56 Å². The van der Waals surface area contributed by atoms with Crippen molar-refractivity contribution in [3.8, 4) is 0 Å². The van der Waals surface area contributed by atoms with Gasteiger partial charge in [-0.1, -0.05) is 48.0 Å². The van der Waals surface area contributed by atoms with Gasteiger partial charge in [-0.3, -0.25) is 9.52 Å². The van der Waals surface area contributed by atoms with Gasteiger partial charge in [0.25, 0.3) is 15.9 Å². The molecule has 0 heterocycles. The van der Waals surface area contributed by atoms with Crippen LogP contribution in [0.2, 0.25) is 0 Å². The predicted octanol–water partition coefficient (Wildman–Crippen LogP) is 4.86. The van der Waals surface area contributed by atoms with Crippen molar-refractivity contribution in [2.75, 3.05) is 4.72 Å². The second-order valence-corrected chi connectivity index (χ2v) is 9.53. The molecule has 3 aromatic rings. The van der Waals surface area contributed by atoms with Crippen LogP contribution in [0.25, 0.3) is 0 Å². The van der Waals surface area contributed by atoms with E-state index >= 15 is 0 Å². The van der Waals surface area contributed by atoms with E-state index in [1.54, 1.807) is 49.4 Å². The van der Waals surface area contributed by atoms with Crippen molar-refractivity contribution in [3.05, 3.63) is 95.1 Å². The summed E-state index contributed by atoms with van der Waals surface area (Å²) in [7, 11) is -3.69. The molecule has 0 aliphatic heterocycles. The highest BCUT2D eigenvalue weighted by Crippen LogP contribution is 2.21. The predicted molar refractivity (Wildman–Crippen MR) is 125 cm³/mol. The Hall–Kier alpha value is -3.12. The molecule has 0 saturated heterocycles. The minimum atomic E-state index is -3.69. The summed E-state index contributed by atoms with van der Waals surface area (Å²) in [4.78, 5) is 12.8. The van der Waals surface area contributed by atoms with E-state index in [0.29, 0.717) is 16.8 Å². The largest absolute Gasteiger partial charge is 0.350 e. The Morgan fingerprint density at radius 2 is 1.61 bits per heavy atom. The summed E-state index contributed by atoms with van der Waals surface area (Å²) in [5.74, 6) is -0.170. The first-order chi connectivity index (χ1) is 14.7. The van der Waals surface area contributed by atoms with Crippen LogP contribution in [0, 0.1) is 13.8 Å². The zero-order valence-corrected chi connectivity index (χ0v) is 18.9. The van der Waals surface area contributed by atoms with Crippen LogP contribution in [0.15, 0.2) is 77.7 Å². The molecule has 0 bridgehead atoms. The molecule has 0 radical (unpaired) electrons. The zero-order chi connectivity index (χ0) is 22.4. The summed E-state index contributed by atoms with van der Waals surface area (Å²) >= 11 is 0. The number of sulfonamides is 1. The van der Waals surface area contributed by atoms with Gasteiger partial charge >= 0.3 is 0 Å². The quantitative estimate of drug-likeness (QED) is 0.530. The van der Waals surface area contributed by atoms with Gasteiger partial charge in [0.2, 0.25) is 0 Å². The summed E-state index contributed by atoms with van der Waals surface area (Å²) < 4.78 is 27.9. The molecule has 0 aliphatic rings. The normalized spacial score (nSPS) is 12.2. The van der Waals surface area contributed by atoms with E-state index in [4.69, 9.17) is 0 Å². The molecule has 31 heavy (non-hydrogen) atoms. The molecule has 0 aliphatic carbocycles. The molecule has 3 rings (SSSR count). The van der Waals surface area contributed by atoms with E-state index in [2.05, 4.69) is 22.2 Å².